The lowest BCUT2D eigenvalue weighted by atomic mass is 9.92. The lowest BCUT2D eigenvalue weighted by Gasteiger charge is -2.28. The molecule has 138 valence electrons. The van der Waals surface area contributed by atoms with E-state index in [1.807, 2.05) is 6.07 Å². The first-order valence-corrected chi connectivity index (χ1v) is 8.92. The van der Waals surface area contributed by atoms with Crippen LogP contribution < -0.4 is 4.74 Å². The fourth-order valence-electron chi connectivity index (χ4n) is 4.20. The molecule has 0 spiro atoms. The Hall–Kier alpha value is -2.28. The van der Waals surface area contributed by atoms with Gasteiger partial charge in [0.15, 0.2) is 6.29 Å². The second-order valence-corrected chi connectivity index (χ2v) is 6.80. The van der Waals surface area contributed by atoms with Gasteiger partial charge in [-0.15, -0.1) is 0 Å². The molecule has 2 aliphatic heterocycles. The molecule has 2 heterocycles. The van der Waals surface area contributed by atoms with E-state index in [2.05, 4.69) is 10.0 Å². The number of benzene rings is 1. The normalized spacial score (nSPS) is 32.1. The Balaban J connectivity index is 1.61. The van der Waals surface area contributed by atoms with Crippen molar-refractivity contribution in [2.45, 2.75) is 56.1 Å². The predicted molar refractivity (Wildman–Crippen MR) is 91.0 cm³/mol. The van der Waals surface area contributed by atoms with Gasteiger partial charge in [0.2, 0.25) is 0 Å². The first-order valence-electron chi connectivity index (χ1n) is 8.92. The minimum absolute atomic E-state index is 0.140. The highest BCUT2D eigenvalue weighted by Gasteiger charge is 2.51. The van der Waals surface area contributed by atoms with Crippen LogP contribution in [0.4, 0.5) is 0 Å². The van der Waals surface area contributed by atoms with Crippen LogP contribution in [0.15, 0.2) is 23.3 Å². The van der Waals surface area contributed by atoms with Gasteiger partial charge in [-0.3, -0.25) is 0 Å². The van der Waals surface area contributed by atoms with E-state index >= 15 is 0 Å². The molecule has 5 atom stereocenters. The van der Waals surface area contributed by atoms with Crippen LogP contribution in [0.3, 0.4) is 0 Å². The summed E-state index contributed by atoms with van der Waals surface area (Å²) in [6, 6.07) is 4.98. The number of para-hydroxylation sites is 1. The van der Waals surface area contributed by atoms with Crippen molar-refractivity contribution in [2.24, 2.45) is 5.11 Å². The summed E-state index contributed by atoms with van der Waals surface area (Å²) >= 11 is 0. The molecule has 1 aliphatic carbocycles. The van der Waals surface area contributed by atoms with Crippen molar-refractivity contribution < 1.29 is 23.7 Å². The number of methoxy groups -OCH3 is 1. The number of ether oxygens (including phenoxy) is 4. The van der Waals surface area contributed by atoms with Crippen molar-refractivity contribution in [3.8, 4) is 5.75 Å². The number of rotatable bonds is 4. The predicted octanol–water partition coefficient (Wildman–Crippen LogP) is 3.31. The van der Waals surface area contributed by atoms with Crippen LogP contribution in [0.25, 0.3) is 10.4 Å². The quantitative estimate of drug-likeness (QED) is 0.355. The van der Waals surface area contributed by atoms with E-state index in [1.165, 1.54) is 7.11 Å². The summed E-state index contributed by atoms with van der Waals surface area (Å²) in [5, 5.41) is 4.01. The molecule has 1 saturated heterocycles. The highest BCUT2D eigenvalue weighted by atomic mass is 16.7. The Kier molecular flexibility index (Phi) is 4.72. The van der Waals surface area contributed by atoms with Gasteiger partial charge < -0.3 is 18.9 Å². The molecule has 8 heteroatoms. The second kappa shape index (κ2) is 7.15. The maximum atomic E-state index is 12.0. The molecule has 0 N–H and O–H groups in total. The van der Waals surface area contributed by atoms with E-state index in [0.29, 0.717) is 24.3 Å². The lowest BCUT2D eigenvalue weighted by molar-refractivity contribution is -0.189. The van der Waals surface area contributed by atoms with Crippen molar-refractivity contribution in [1.29, 1.82) is 0 Å². The zero-order valence-corrected chi connectivity index (χ0v) is 14.5. The topological polar surface area (TPSA) is 103 Å². The van der Waals surface area contributed by atoms with Gasteiger partial charge >= 0.3 is 5.97 Å². The van der Waals surface area contributed by atoms with Crippen LogP contribution in [-0.4, -0.2) is 44.2 Å². The Bertz CT molecular complexity index is 742. The third-order valence-electron chi connectivity index (χ3n) is 5.34. The number of hydrogen-bond donors (Lipinski definition) is 0. The Morgan fingerprint density at radius 1 is 1.38 bits per heavy atom. The molecule has 1 aromatic carbocycles. The van der Waals surface area contributed by atoms with Gasteiger partial charge in [0, 0.05) is 29.4 Å². The molecule has 26 heavy (non-hydrogen) atoms. The van der Waals surface area contributed by atoms with E-state index in [-0.39, 0.29) is 24.4 Å². The Labute approximate surface area is 151 Å². The molecule has 0 bridgehead atoms. The van der Waals surface area contributed by atoms with Crippen molar-refractivity contribution in [3.63, 3.8) is 0 Å². The smallest absolute Gasteiger partial charge is 0.341 e. The average molecular weight is 359 g/mol. The number of nitrogens with zero attached hydrogens (tertiary/aromatic N) is 3. The van der Waals surface area contributed by atoms with Crippen molar-refractivity contribution in [2.75, 3.05) is 13.7 Å². The van der Waals surface area contributed by atoms with E-state index in [0.717, 1.165) is 24.8 Å². The number of carbonyl (C=O) groups excluding carboxylic acids is 1. The minimum atomic E-state index is -0.439. The number of fused-ring (bicyclic) bond motifs is 3. The van der Waals surface area contributed by atoms with Crippen molar-refractivity contribution in [3.05, 3.63) is 39.8 Å². The van der Waals surface area contributed by atoms with Crippen LogP contribution in [0.1, 0.15) is 47.5 Å². The number of hydrogen-bond acceptors (Lipinski definition) is 6. The standard InChI is InChI=1S/C18H21N3O5/c1-23-18(22)11-6-4-5-10-15-12(26-17(10)11)9-13(16(15)20-21-19)25-14-7-2-3-8-24-14/h4-6,12-16H,2-3,7-9H2,1H3. The monoisotopic (exact) mass is 359 g/mol. The lowest BCUT2D eigenvalue weighted by Crippen LogP contribution is -2.32. The van der Waals surface area contributed by atoms with Crippen molar-refractivity contribution >= 4 is 5.97 Å². The average Bonchev–Trinajstić information content (AvgIpc) is 3.18. The zero-order chi connectivity index (χ0) is 18.1. The number of esters is 1. The molecule has 2 fully saturated rings. The largest absolute Gasteiger partial charge is 0.488 e. The number of carbonyl (C=O) groups is 1. The Morgan fingerprint density at radius 2 is 2.27 bits per heavy atom. The van der Waals surface area contributed by atoms with Gasteiger partial charge in [-0.25, -0.2) is 4.79 Å². The van der Waals surface area contributed by atoms with E-state index in [4.69, 9.17) is 24.5 Å². The fraction of sp³-hybridized carbons (Fsp3) is 0.611. The van der Waals surface area contributed by atoms with Gasteiger partial charge in [0.1, 0.15) is 17.4 Å². The molecule has 5 unspecified atom stereocenters. The van der Waals surface area contributed by atoms with Crippen LogP contribution in [-0.2, 0) is 14.2 Å². The van der Waals surface area contributed by atoms with Gasteiger partial charge in [-0.2, -0.15) is 0 Å². The third kappa shape index (κ3) is 2.90. The molecule has 0 amide bonds. The zero-order valence-electron chi connectivity index (χ0n) is 14.5. The van der Waals surface area contributed by atoms with Crippen molar-refractivity contribution in [1.82, 2.24) is 0 Å². The highest BCUT2D eigenvalue weighted by molar-refractivity contribution is 5.93. The molecular formula is C18H21N3O5. The summed E-state index contributed by atoms with van der Waals surface area (Å²) in [4.78, 5) is 15.0. The summed E-state index contributed by atoms with van der Waals surface area (Å²) in [7, 11) is 1.34. The van der Waals surface area contributed by atoms with Crippen LogP contribution in [0.5, 0.6) is 5.75 Å². The fourth-order valence-corrected chi connectivity index (χ4v) is 4.20. The van der Waals surface area contributed by atoms with E-state index < -0.39 is 12.0 Å². The van der Waals surface area contributed by atoms with Gasteiger partial charge in [0.05, 0.1) is 19.3 Å². The second-order valence-electron chi connectivity index (χ2n) is 6.80. The van der Waals surface area contributed by atoms with Crippen LogP contribution >= 0.6 is 0 Å². The summed E-state index contributed by atoms with van der Waals surface area (Å²) in [6.07, 6.45) is 2.83. The van der Waals surface area contributed by atoms with E-state index in [9.17, 15) is 4.79 Å². The van der Waals surface area contributed by atoms with Gasteiger partial charge in [-0.1, -0.05) is 17.2 Å². The van der Waals surface area contributed by atoms with Gasteiger partial charge in [-0.05, 0) is 30.9 Å². The van der Waals surface area contributed by atoms with Crippen LogP contribution in [0, 0.1) is 0 Å². The molecule has 3 aliphatic rings. The van der Waals surface area contributed by atoms with Crippen LogP contribution in [0.2, 0.25) is 0 Å². The molecule has 8 nitrogen and oxygen atoms in total. The molecule has 1 saturated carbocycles. The molecule has 0 radical (unpaired) electrons. The Morgan fingerprint density at radius 3 is 3.00 bits per heavy atom. The highest BCUT2D eigenvalue weighted by Crippen LogP contribution is 2.50. The summed E-state index contributed by atoms with van der Waals surface area (Å²) < 4.78 is 22.7. The number of azide groups is 1. The van der Waals surface area contributed by atoms with Gasteiger partial charge in [0.25, 0.3) is 0 Å². The summed E-state index contributed by atoms with van der Waals surface area (Å²) in [6.45, 7) is 0.693. The molecular weight excluding hydrogens is 338 g/mol. The molecule has 4 rings (SSSR count). The molecule has 0 aromatic heterocycles. The summed E-state index contributed by atoms with van der Waals surface area (Å²) in [5.74, 6) is -0.0514. The maximum absolute atomic E-state index is 12.0. The van der Waals surface area contributed by atoms with E-state index in [1.54, 1.807) is 12.1 Å². The minimum Gasteiger partial charge on any atom is -0.488 e. The third-order valence-corrected chi connectivity index (χ3v) is 5.34. The first kappa shape index (κ1) is 17.1. The first-order chi connectivity index (χ1) is 12.7. The summed E-state index contributed by atoms with van der Waals surface area (Å²) in [5.41, 5.74) is 10.3. The molecule has 1 aromatic rings. The SMILES string of the molecule is COC(=O)c1cccc2c1OC1CC(OC3CCCCO3)C(N=[N+]=[N-])C21. The maximum Gasteiger partial charge on any atom is 0.341 e.